The van der Waals surface area contributed by atoms with Crippen molar-refractivity contribution < 1.29 is 4.52 Å². The van der Waals surface area contributed by atoms with E-state index in [1.807, 2.05) is 0 Å². The maximum atomic E-state index is 5.36. The summed E-state index contributed by atoms with van der Waals surface area (Å²) >= 11 is 0. The lowest BCUT2D eigenvalue weighted by Gasteiger charge is -2.20. The van der Waals surface area contributed by atoms with Gasteiger partial charge >= 0.3 is 0 Å². The molecule has 0 amide bonds. The highest BCUT2D eigenvalue weighted by Crippen LogP contribution is 2.09. The second-order valence-electron chi connectivity index (χ2n) is 5.35. The van der Waals surface area contributed by atoms with Gasteiger partial charge in [-0.15, -0.1) is 0 Å². The van der Waals surface area contributed by atoms with E-state index in [9.17, 15) is 0 Å². The highest BCUT2D eigenvalue weighted by molar-refractivity contribution is 5.04. The van der Waals surface area contributed by atoms with Gasteiger partial charge < -0.3 is 14.7 Å². The minimum atomic E-state index is 0.789. The molecule has 5 nitrogen and oxygen atoms in total. The Balaban J connectivity index is 1.68. The van der Waals surface area contributed by atoms with Gasteiger partial charge in [-0.2, -0.15) is 0 Å². The minimum absolute atomic E-state index is 0.789. The quantitative estimate of drug-likeness (QED) is 0.768. The normalized spacial score (nSPS) is 16.6. The van der Waals surface area contributed by atoms with Gasteiger partial charge in [-0.25, -0.2) is 0 Å². The van der Waals surface area contributed by atoms with Gasteiger partial charge in [0.05, 0.1) is 12.2 Å². The molecule has 1 aliphatic rings. The third kappa shape index (κ3) is 4.93. The molecule has 0 spiro atoms. The number of likely N-dealkylation sites (tertiary alicyclic amines) is 1. The van der Waals surface area contributed by atoms with Crippen LogP contribution in [0.5, 0.6) is 0 Å². The Morgan fingerprint density at radius 1 is 1.42 bits per heavy atom. The average Bonchev–Trinajstić information content (AvgIpc) is 3.05. The first-order chi connectivity index (χ1) is 9.28. The lowest BCUT2D eigenvalue weighted by molar-refractivity contribution is 0.230. The molecule has 2 rings (SSSR count). The molecule has 108 valence electrons. The summed E-state index contributed by atoms with van der Waals surface area (Å²) in [5.74, 6) is 0.955. The van der Waals surface area contributed by atoms with Crippen molar-refractivity contribution in [2.75, 3.05) is 39.8 Å². The van der Waals surface area contributed by atoms with Gasteiger partial charge in [-0.1, -0.05) is 12.1 Å². The largest absolute Gasteiger partial charge is 0.360 e. The van der Waals surface area contributed by atoms with E-state index in [4.69, 9.17) is 4.52 Å². The molecular weight excluding hydrogens is 240 g/mol. The predicted octanol–water partition coefficient (Wildman–Crippen LogP) is 1.31. The fourth-order valence-corrected chi connectivity index (χ4v) is 2.43. The first-order valence-electron chi connectivity index (χ1n) is 7.34. The average molecular weight is 266 g/mol. The Morgan fingerprint density at radius 2 is 2.21 bits per heavy atom. The molecule has 5 heteroatoms. The summed E-state index contributed by atoms with van der Waals surface area (Å²) in [6, 6.07) is 2.05. The van der Waals surface area contributed by atoms with Gasteiger partial charge in [-0.3, -0.25) is 4.90 Å². The van der Waals surface area contributed by atoms with E-state index >= 15 is 0 Å². The van der Waals surface area contributed by atoms with Crippen LogP contribution in [0.1, 0.15) is 31.2 Å². The lowest BCUT2D eigenvalue weighted by Crippen LogP contribution is -2.31. The molecule has 1 N–H and O–H groups in total. The molecule has 0 atom stereocenters. The van der Waals surface area contributed by atoms with Crippen molar-refractivity contribution in [3.8, 4) is 0 Å². The zero-order valence-electron chi connectivity index (χ0n) is 12.2. The Bertz CT molecular complexity index is 360. The van der Waals surface area contributed by atoms with Gasteiger partial charge in [0.2, 0.25) is 0 Å². The van der Waals surface area contributed by atoms with Gasteiger partial charge in [0.1, 0.15) is 0 Å². The van der Waals surface area contributed by atoms with Crippen molar-refractivity contribution in [1.82, 2.24) is 20.3 Å². The number of rotatable bonds is 8. The van der Waals surface area contributed by atoms with E-state index in [0.717, 1.165) is 44.2 Å². The molecule has 0 saturated carbocycles. The van der Waals surface area contributed by atoms with E-state index < -0.39 is 0 Å². The molecule has 2 heterocycles. The van der Waals surface area contributed by atoms with E-state index in [2.05, 4.69) is 40.3 Å². The van der Waals surface area contributed by atoms with Crippen LogP contribution in [0.3, 0.4) is 0 Å². The third-order valence-electron chi connectivity index (χ3n) is 3.59. The predicted molar refractivity (Wildman–Crippen MR) is 75.9 cm³/mol. The summed E-state index contributed by atoms with van der Waals surface area (Å²) in [6.45, 7) is 9.46. The number of aromatic nitrogens is 1. The molecule has 0 aliphatic carbocycles. The van der Waals surface area contributed by atoms with Gasteiger partial charge in [0.25, 0.3) is 0 Å². The number of nitrogens with zero attached hydrogens (tertiary/aromatic N) is 3. The Kier molecular flexibility index (Phi) is 5.82. The minimum Gasteiger partial charge on any atom is -0.360 e. The van der Waals surface area contributed by atoms with Crippen LogP contribution in [-0.4, -0.2) is 54.7 Å². The molecule has 1 fully saturated rings. The van der Waals surface area contributed by atoms with Gasteiger partial charge in [-0.05, 0) is 39.5 Å². The van der Waals surface area contributed by atoms with E-state index in [1.54, 1.807) is 0 Å². The standard InChI is InChI=1S/C14H26N4O/c1-3-15-11-13-10-14(19-16-13)12-17(2)8-9-18-6-4-5-7-18/h10,15H,3-9,11-12H2,1-2H3. The Labute approximate surface area is 115 Å². The van der Waals surface area contributed by atoms with Crippen LogP contribution >= 0.6 is 0 Å². The van der Waals surface area contributed by atoms with Crippen molar-refractivity contribution in [2.24, 2.45) is 0 Å². The molecular formula is C14H26N4O. The molecule has 1 aliphatic heterocycles. The summed E-state index contributed by atoms with van der Waals surface area (Å²) < 4.78 is 5.36. The summed E-state index contributed by atoms with van der Waals surface area (Å²) in [7, 11) is 2.14. The summed E-state index contributed by atoms with van der Waals surface area (Å²) in [6.07, 6.45) is 2.72. The van der Waals surface area contributed by atoms with Gasteiger partial charge in [0, 0.05) is 25.7 Å². The van der Waals surface area contributed by atoms with Crippen molar-refractivity contribution in [2.45, 2.75) is 32.9 Å². The van der Waals surface area contributed by atoms with Crippen molar-refractivity contribution in [1.29, 1.82) is 0 Å². The second kappa shape index (κ2) is 7.62. The topological polar surface area (TPSA) is 44.5 Å². The monoisotopic (exact) mass is 266 g/mol. The van der Waals surface area contributed by atoms with Crippen LogP contribution in [0.25, 0.3) is 0 Å². The molecule has 19 heavy (non-hydrogen) atoms. The number of hydrogen-bond acceptors (Lipinski definition) is 5. The number of likely N-dealkylation sites (N-methyl/N-ethyl adjacent to an activating group) is 1. The fourth-order valence-electron chi connectivity index (χ4n) is 2.43. The fraction of sp³-hybridized carbons (Fsp3) is 0.786. The zero-order chi connectivity index (χ0) is 13.5. The second-order valence-corrected chi connectivity index (χ2v) is 5.35. The van der Waals surface area contributed by atoms with E-state index in [-0.39, 0.29) is 0 Å². The van der Waals surface area contributed by atoms with Crippen molar-refractivity contribution >= 4 is 0 Å². The van der Waals surface area contributed by atoms with Crippen molar-refractivity contribution in [3.63, 3.8) is 0 Å². The number of nitrogens with one attached hydrogen (secondary N) is 1. The highest BCUT2D eigenvalue weighted by Gasteiger charge is 2.12. The van der Waals surface area contributed by atoms with Crippen molar-refractivity contribution in [3.05, 3.63) is 17.5 Å². The number of hydrogen-bond donors (Lipinski definition) is 1. The Hall–Kier alpha value is -0.910. The molecule has 0 bridgehead atoms. The van der Waals surface area contributed by atoms with Crippen LogP contribution in [0, 0.1) is 0 Å². The molecule has 1 saturated heterocycles. The molecule has 0 unspecified atom stereocenters. The van der Waals surface area contributed by atoms with E-state index in [1.165, 1.54) is 25.9 Å². The summed E-state index contributed by atoms with van der Waals surface area (Å²) in [5, 5.41) is 7.32. The maximum absolute atomic E-state index is 5.36. The molecule has 1 aromatic heterocycles. The third-order valence-corrected chi connectivity index (χ3v) is 3.59. The van der Waals surface area contributed by atoms with E-state index in [0.29, 0.717) is 0 Å². The van der Waals surface area contributed by atoms with Gasteiger partial charge in [0.15, 0.2) is 5.76 Å². The molecule has 0 aromatic carbocycles. The van der Waals surface area contributed by atoms with Crippen LogP contribution in [0.15, 0.2) is 10.6 Å². The van der Waals surface area contributed by atoms with Crippen LogP contribution in [0.2, 0.25) is 0 Å². The summed E-state index contributed by atoms with van der Waals surface area (Å²) in [4.78, 5) is 4.84. The zero-order valence-corrected chi connectivity index (χ0v) is 12.2. The van der Waals surface area contributed by atoms with Crippen LogP contribution < -0.4 is 5.32 Å². The van der Waals surface area contributed by atoms with Crippen LogP contribution in [0.4, 0.5) is 0 Å². The Morgan fingerprint density at radius 3 is 2.95 bits per heavy atom. The molecule has 1 aromatic rings. The van der Waals surface area contributed by atoms with Crippen LogP contribution in [-0.2, 0) is 13.1 Å². The summed E-state index contributed by atoms with van der Waals surface area (Å²) in [5.41, 5.74) is 0.991. The highest BCUT2D eigenvalue weighted by atomic mass is 16.5. The lowest BCUT2D eigenvalue weighted by atomic mass is 10.3. The first kappa shape index (κ1) is 14.5. The smallest absolute Gasteiger partial charge is 0.151 e. The SMILES string of the molecule is CCNCc1cc(CN(C)CCN2CCCC2)on1. The first-order valence-corrected chi connectivity index (χ1v) is 7.34. The molecule has 0 radical (unpaired) electrons. The maximum Gasteiger partial charge on any atom is 0.151 e.